The molecule has 72 valence electrons. The maximum atomic E-state index is 12.8. The standard InChI is InChI=1S/C7H3BrF4O/c8-5-2-3(13)1-4(6(5)9)7(10,11)12/h1-2,13H. The highest BCUT2D eigenvalue weighted by molar-refractivity contribution is 9.10. The largest absolute Gasteiger partial charge is 0.508 e. The summed E-state index contributed by atoms with van der Waals surface area (Å²) < 4.78 is 48.5. The van der Waals surface area contributed by atoms with Crippen LogP contribution in [0.5, 0.6) is 5.75 Å². The first-order valence-corrected chi connectivity index (χ1v) is 3.87. The van der Waals surface area contributed by atoms with Crippen LogP contribution in [0.1, 0.15) is 5.56 Å². The molecule has 0 saturated carbocycles. The quantitative estimate of drug-likeness (QED) is 0.708. The van der Waals surface area contributed by atoms with Crippen molar-refractivity contribution in [1.82, 2.24) is 0 Å². The van der Waals surface area contributed by atoms with Crippen LogP contribution in [0, 0.1) is 5.82 Å². The lowest BCUT2D eigenvalue weighted by atomic mass is 10.2. The minimum absolute atomic E-state index is 0.333. The lowest BCUT2D eigenvalue weighted by molar-refractivity contribution is -0.140. The van der Waals surface area contributed by atoms with Gasteiger partial charge in [-0.15, -0.1) is 0 Å². The zero-order valence-electron chi connectivity index (χ0n) is 5.99. The third-order valence-corrected chi connectivity index (χ3v) is 1.90. The highest BCUT2D eigenvalue weighted by Gasteiger charge is 2.35. The Labute approximate surface area is 79.1 Å². The topological polar surface area (TPSA) is 20.2 Å². The van der Waals surface area contributed by atoms with Crippen molar-refractivity contribution in [3.63, 3.8) is 0 Å². The molecule has 0 atom stereocenters. The van der Waals surface area contributed by atoms with Gasteiger partial charge in [0.15, 0.2) is 0 Å². The first-order valence-electron chi connectivity index (χ1n) is 3.07. The predicted octanol–water partition coefficient (Wildman–Crippen LogP) is 3.31. The second kappa shape index (κ2) is 3.17. The van der Waals surface area contributed by atoms with E-state index >= 15 is 0 Å². The fraction of sp³-hybridized carbons (Fsp3) is 0.143. The molecule has 0 spiro atoms. The SMILES string of the molecule is Oc1cc(Br)c(F)c(C(F)(F)F)c1. The van der Waals surface area contributed by atoms with Crippen molar-refractivity contribution in [2.45, 2.75) is 6.18 Å². The molecule has 13 heavy (non-hydrogen) atoms. The maximum absolute atomic E-state index is 12.8. The van der Waals surface area contributed by atoms with Crippen molar-refractivity contribution in [2.24, 2.45) is 0 Å². The molecule has 6 heteroatoms. The summed E-state index contributed by atoms with van der Waals surface area (Å²) in [6.07, 6.45) is -4.80. The molecule has 1 rings (SSSR count). The average molecular weight is 259 g/mol. The van der Waals surface area contributed by atoms with Crippen LogP contribution in [0.4, 0.5) is 17.6 Å². The molecular formula is C7H3BrF4O. The molecule has 1 nitrogen and oxygen atoms in total. The Kier molecular flexibility index (Phi) is 2.51. The summed E-state index contributed by atoms with van der Waals surface area (Å²) in [7, 11) is 0. The molecule has 0 radical (unpaired) electrons. The summed E-state index contributed by atoms with van der Waals surface area (Å²) >= 11 is 2.55. The van der Waals surface area contributed by atoms with E-state index in [-0.39, 0.29) is 0 Å². The van der Waals surface area contributed by atoms with Gasteiger partial charge in [-0.2, -0.15) is 13.2 Å². The number of hydrogen-bond donors (Lipinski definition) is 1. The number of alkyl halides is 3. The van der Waals surface area contributed by atoms with Gasteiger partial charge in [0.05, 0.1) is 10.0 Å². The van der Waals surface area contributed by atoms with E-state index < -0.39 is 27.8 Å². The average Bonchev–Trinajstić information content (AvgIpc) is 1.94. The first-order chi connectivity index (χ1) is 5.82. The molecule has 0 unspecified atom stereocenters. The Balaban J connectivity index is 3.37. The highest BCUT2D eigenvalue weighted by Crippen LogP contribution is 2.36. The molecule has 0 aliphatic heterocycles. The van der Waals surface area contributed by atoms with Crippen LogP contribution < -0.4 is 0 Å². The van der Waals surface area contributed by atoms with Gasteiger partial charge in [-0.05, 0) is 28.1 Å². The van der Waals surface area contributed by atoms with Gasteiger partial charge in [0.25, 0.3) is 0 Å². The molecule has 0 heterocycles. The minimum Gasteiger partial charge on any atom is -0.508 e. The summed E-state index contributed by atoms with van der Waals surface area (Å²) in [4.78, 5) is 0. The first kappa shape index (κ1) is 10.3. The van der Waals surface area contributed by atoms with Gasteiger partial charge >= 0.3 is 6.18 Å². The highest BCUT2D eigenvalue weighted by atomic mass is 79.9. The van der Waals surface area contributed by atoms with Crippen LogP contribution in [0.25, 0.3) is 0 Å². The normalized spacial score (nSPS) is 11.8. The molecule has 1 aromatic carbocycles. The Morgan fingerprint density at radius 1 is 1.23 bits per heavy atom. The van der Waals surface area contributed by atoms with Gasteiger partial charge in [0.2, 0.25) is 0 Å². The van der Waals surface area contributed by atoms with Gasteiger partial charge in [0.1, 0.15) is 11.6 Å². The Hall–Kier alpha value is -0.780. The molecule has 0 aliphatic carbocycles. The van der Waals surface area contributed by atoms with Gasteiger partial charge in [0, 0.05) is 0 Å². The van der Waals surface area contributed by atoms with E-state index in [4.69, 9.17) is 5.11 Å². The fourth-order valence-corrected chi connectivity index (χ4v) is 1.23. The second-order valence-corrected chi connectivity index (χ2v) is 3.14. The van der Waals surface area contributed by atoms with Crippen molar-refractivity contribution in [3.8, 4) is 5.75 Å². The number of benzene rings is 1. The minimum atomic E-state index is -4.80. The zero-order chi connectivity index (χ0) is 10.2. The van der Waals surface area contributed by atoms with E-state index in [9.17, 15) is 17.6 Å². The molecule has 0 amide bonds. The van der Waals surface area contributed by atoms with Crippen molar-refractivity contribution in [3.05, 3.63) is 28.0 Å². The summed E-state index contributed by atoms with van der Waals surface area (Å²) in [5.41, 5.74) is -1.49. The van der Waals surface area contributed by atoms with E-state index in [1.807, 2.05) is 0 Å². The van der Waals surface area contributed by atoms with Crippen LogP contribution in [-0.4, -0.2) is 5.11 Å². The van der Waals surface area contributed by atoms with E-state index in [0.717, 1.165) is 6.07 Å². The molecule has 1 aromatic rings. The van der Waals surface area contributed by atoms with Crippen LogP contribution in [0.2, 0.25) is 0 Å². The summed E-state index contributed by atoms with van der Waals surface area (Å²) in [5, 5.41) is 8.78. The Morgan fingerprint density at radius 3 is 2.23 bits per heavy atom. The molecule has 0 fully saturated rings. The van der Waals surface area contributed by atoms with Crippen LogP contribution in [-0.2, 0) is 6.18 Å². The molecular weight excluding hydrogens is 256 g/mol. The summed E-state index contributed by atoms with van der Waals surface area (Å²) in [6, 6.07) is 1.19. The van der Waals surface area contributed by atoms with E-state index in [2.05, 4.69) is 15.9 Å². The van der Waals surface area contributed by atoms with Crippen molar-refractivity contribution in [2.75, 3.05) is 0 Å². The molecule has 0 aliphatic rings. The predicted molar refractivity (Wildman–Crippen MR) is 40.8 cm³/mol. The second-order valence-electron chi connectivity index (χ2n) is 2.29. The molecule has 0 bridgehead atoms. The van der Waals surface area contributed by atoms with Gasteiger partial charge in [-0.25, -0.2) is 4.39 Å². The molecule has 1 N–H and O–H groups in total. The molecule has 0 saturated heterocycles. The third-order valence-electron chi connectivity index (χ3n) is 1.32. The zero-order valence-corrected chi connectivity index (χ0v) is 7.58. The number of hydrogen-bond acceptors (Lipinski definition) is 1. The smallest absolute Gasteiger partial charge is 0.419 e. The number of phenolic OH excluding ortho intramolecular Hbond substituents is 1. The van der Waals surface area contributed by atoms with E-state index in [0.29, 0.717) is 6.07 Å². The maximum Gasteiger partial charge on any atom is 0.419 e. The van der Waals surface area contributed by atoms with Crippen LogP contribution in [0.3, 0.4) is 0 Å². The number of rotatable bonds is 0. The van der Waals surface area contributed by atoms with Crippen LogP contribution >= 0.6 is 15.9 Å². The van der Waals surface area contributed by atoms with Crippen molar-refractivity contribution >= 4 is 15.9 Å². The van der Waals surface area contributed by atoms with Crippen molar-refractivity contribution in [1.29, 1.82) is 0 Å². The van der Waals surface area contributed by atoms with Crippen molar-refractivity contribution < 1.29 is 22.7 Å². The number of aromatic hydroxyl groups is 1. The number of phenols is 1. The van der Waals surface area contributed by atoms with E-state index in [1.165, 1.54) is 0 Å². The summed E-state index contributed by atoms with van der Waals surface area (Å²) in [6.45, 7) is 0. The van der Waals surface area contributed by atoms with Gasteiger partial charge < -0.3 is 5.11 Å². The third kappa shape index (κ3) is 2.12. The van der Waals surface area contributed by atoms with Gasteiger partial charge in [-0.3, -0.25) is 0 Å². The summed E-state index contributed by atoms with van der Waals surface area (Å²) in [5.74, 6) is -2.06. The monoisotopic (exact) mass is 258 g/mol. The number of halogens is 5. The fourth-order valence-electron chi connectivity index (χ4n) is 0.781. The van der Waals surface area contributed by atoms with Gasteiger partial charge in [-0.1, -0.05) is 0 Å². The Morgan fingerprint density at radius 2 is 1.77 bits per heavy atom. The lowest BCUT2D eigenvalue weighted by Gasteiger charge is -2.09. The lowest BCUT2D eigenvalue weighted by Crippen LogP contribution is -2.08. The molecule has 0 aromatic heterocycles. The van der Waals surface area contributed by atoms with Crippen LogP contribution in [0.15, 0.2) is 16.6 Å². The van der Waals surface area contributed by atoms with E-state index in [1.54, 1.807) is 0 Å². The Bertz CT molecular complexity index is 334.